The number of benzene rings is 2. The fourth-order valence-corrected chi connectivity index (χ4v) is 1.94. The molecule has 2 aromatic carbocycles. The lowest BCUT2D eigenvalue weighted by Crippen LogP contribution is -2.30. The number of methoxy groups -OCH3 is 1. The minimum absolute atomic E-state index is 0.329. The van der Waals surface area contributed by atoms with E-state index in [4.69, 9.17) is 21.1 Å². The first-order chi connectivity index (χ1) is 11.0. The maximum Gasteiger partial charge on any atom is 0.338 e. The normalized spacial score (nSPS) is 11.4. The number of carbonyl (C=O) groups excluding carboxylic acids is 2. The molecule has 0 bridgehead atoms. The minimum Gasteiger partial charge on any atom is -0.497 e. The molecule has 2 rings (SSSR count). The van der Waals surface area contributed by atoms with E-state index in [0.29, 0.717) is 22.0 Å². The zero-order chi connectivity index (χ0) is 16.8. The molecule has 0 unspecified atom stereocenters. The van der Waals surface area contributed by atoms with Crippen molar-refractivity contribution in [1.82, 2.24) is 0 Å². The van der Waals surface area contributed by atoms with Gasteiger partial charge < -0.3 is 14.8 Å². The average Bonchev–Trinajstić information content (AvgIpc) is 2.55. The third-order valence-corrected chi connectivity index (χ3v) is 3.32. The number of anilines is 1. The lowest BCUT2D eigenvalue weighted by Gasteiger charge is -2.14. The number of rotatable bonds is 5. The van der Waals surface area contributed by atoms with Crippen LogP contribution in [0, 0.1) is 0 Å². The molecule has 1 atom stereocenters. The second-order valence-electron chi connectivity index (χ2n) is 4.78. The number of hydrogen-bond donors (Lipinski definition) is 1. The Hall–Kier alpha value is -2.53. The summed E-state index contributed by atoms with van der Waals surface area (Å²) < 4.78 is 10.2. The zero-order valence-electron chi connectivity index (χ0n) is 12.7. The fraction of sp³-hybridized carbons (Fsp3) is 0.176. The van der Waals surface area contributed by atoms with Crippen molar-refractivity contribution in [2.24, 2.45) is 0 Å². The molecule has 0 aromatic heterocycles. The van der Waals surface area contributed by atoms with Crippen LogP contribution in [0.5, 0.6) is 5.75 Å². The van der Waals surface area contributed by atoms with E-state index in [1.54, 1.807) is 36.4 Å². The molecule has 120 valence electrons. The molecule has 0 aliphatic carbocycles. The Labute approximate surface area is 139 Å². The Morgan fingerprint density at radius 3 is 2.48 bits per heavy atom. The summed E-state index contributed by atoms with van der Waals surface area (Å²) >= 11 is 5.76. The van der Waals surface area contributed by atoms with E-state index in [0.717, 1.165) is 0 Å². The third-order valence-electron chi connectivity index (χ3n) is 3.07. The molecule has 0 saturated carbocycles. The van der Waals surface area contributed by atoms with Gasteiger partial charge in [0.2, 0.25) is 0 Å². The van der Waals surface area contributed by atoms with Gasteiger partial charge in [-0.1, -0.05) is 17.7 Å². The summed E-state index contributed by atoms with van der Waals surface area (Å²) in [7, 11) is 1.54. The molecular formula is C17H16ClNO4. The van der Waals surface area contributed by atoms with Crippen molar-refractivity contribution in [3.8, 4) is 5.75 Å². The Balaban J connectivity index is 1.96. The van der Waals surface area contributed by atoms with E-state index in [-0.39, 0.29) is 0 Å². The number of esters is 1. The first-order valence-corrected chi connectivity index (χ1v) is 7.29. The summed E-state index contributed by atoms with van der Waals surface area (Å²) in [6, 6.07) is 13.1. The summed E-state index contributed by atoms with van der Waals surface area (Å²) in [5.74, 6) is -0.399. The van der Waals surface area contributed by atoms with Gasteiger partial charge in [0.15, 0.2) is 6.10 Å². The minimum atomic E-state index is -0.940. The Morgan fingerprint density at radius 2 is 1.83 bits per heavy atom. The van der Waals surface area contributed by atoms with E-state index >= 15 is 0 Å². The average molecular weight is 334 g/mol. The molecule has 0 aliphatic rings. The number of carbonyl (C=O) groups is 2. The molecule has 1 N–H and O–H groups in total. The summed E-state index contributed by atoms with van der Waals surface area (Å²) in [4.78, 5) is 24.0. The van der Waals surface area contributed by atoms with Crippen LogP contribution in [0.15, 0.2) is 48.5 Å². The highest BCUT2D eigenvalue weighted by molar-refractivity contribution is 6.30. The molecule has 0 saturated heterocycles. The predicted octanol–water partition coefficient (Wildman–Crippen LogP) is 3.53. The van der Waals surface area contributed by atoms with E-state index in [2.05, 4.69) is 5.32 Å². The lowest BCUT2D eigenvalue weighted by molar-refractivity contribution is -0.123. The third kappa shape index (κ3) is 4.72. The zero-order valence-corrected chi connectivity index (χ0v) is 13.5. The van der Waals surface area contributed by atoms with Crippen LogP contribution >= 0.6 is 11.6 Å². The number of ether oxygens (including phenoxy) is 2. The molecule has 0 radical (unpaired) electrons. The van der Waals surface area contributed by atoms with Crippen molar-refractivity contribution in [3.63, 3.8) is 0 Å². The lowest BCUT2D eigenvalue weighted by atomic mass is 10.2. The van der Waals surface area contributed by atoms with Gasteiger partial charge in [-0.2, -0.15) is 0 Å². The Kier molecular flexibility index (Phi) is 5.60. The molecule has 0 aliphatic heterocycles. The summed E-state index contributed by atoms with van der Waals surface area (Å²) in [5, 5.41) is 3.18. The van der Waals surface area contributed by atoms with Gasteiger partial charge in [0.05, 0.1) is 12.7 Å². The molecule has 5 nitrogen and oxygen atoms in total. The number of nitrogens with one attached hydrogen (secondary N) is 1. The van der Waals surface area contributed by atoms with Gasteiger partial charge in [-0.15, -0.1) is 0 Å². The van der Waals surface area contributed by atoms with Crippen LogP contribution in [0.2, 0.25) is 5.02 Å². The van der Waals surface area contributed by atoms with Crippen molar-refractivity contribution in [2.45, 2.75) is 13.0 Å². The first kappa shape index (κ1) is 16.8. The van der Waals surface area contributed by atoms with Crippen molar-refractivity contribution in [1.29, 1.82) is 0 Å². The Morgan fingerprint density at radius 1 is 1.13 bits per heavy atom. The van der Waals surface area contributed by atoms with Gasteiger partial charge in [0.1, 0.15) is 5.75 Å². The Bertz CT molecular complexity index is 700. The molecule has 0 spiro atoms. The molecule has 1 amide bonds. The first-order valence-electron chi connectivity index (χ1n) is 6.91. The SMILES string of the molecule is COc1cccc(NC(=O)[C@H](C)OC(=O)c2ccc(Cl)cc2)c1. The topological polar surface area (TPSA) is 64.6 Å². The standard InChI is InChI=1S/C17H16ClNO4/c1-11(23-17(21)12-6-8-13(18)9-7-12)16(20)19-14-4-3-5-15(10-14)22-2/h3-11H,1-2H3,(H,19,20)/t11-/m0/s1. The molecular weight excluding hydrogens is 318 g/mol. The summed E-state index contributed by atoms with van der Waals surface area (Å²) in [6.45, 7) is 1.50. The summed E-state index contributed by atoms with van der Waals surface area (Å²) in [5.41, 5.74) is 0.888. The van der Waals surface area contributed by atoms with Crippen LogP contribution in [0.3, 0.4) is 0 Å². The van der Waals surface area contributed by atoms with Crippen LogP contribution < -0.4 is 10.1 Å². The second kappa shape index (κ2) is 7.65. The van der Waals surface area contributed by atoms with Crippen LogP contribution in [0.25, 0.3) is 0 Å². The largest absolute Gasteiger partial charge is 0.497 e. The maximum absolute atomic E-state index is 12.1. The second-order valence-corrected chi connectivity index (χ2v) is 5.21. The van der Waals surface area contributed by atoms with Gasteiger partial charge in [-0.3, -0.25) is 4.79 Å². The molecule has 6 heteroatoms. The fourth-order valence-electron chi connectivity index (χ4n) is 1.81. The smallest absolute Gasteiger partial charge is 0.338 e. The highest BCUT2D eigenvalue weighted by atomic mass is 35.5. The summed E-state index contributed by atoms with van der Waals surface area (Å²) in [6.07, 6.45) is -0.940. The van der Waals surface area contributed by atoms with Gasteiger partial charge in [-0.05, 0) is 43.3 Å². The predicted molar refractivity (Wildman–Crippen MR) is 88.0 cm³/mol. The quantitative estimate of drug-likeness (QED) is 0.850. The van der Waals surface area contributed by atoms with Crippen LogP contribution in [-0.2, 0) is 9.53 Å². The number of amides is 1. The molecule has 2 aromatic rings. The van der Waals surface area contributed by atoms with Crippen LogP contribution in [0.1, 0.15) is 17.3 Å². The highest BCUT2D eigenvalue weighted by Gasteiger charge is 2.19. The van der Waals surface area contributed by atoms with E-state index in [9.17, 15) is 9.59 Å². The van der Waals surface area contributed by atoms with Crippen LogP contribution in [-0.4, -0.2) is 25.1 Å². The molecule has 23 heavy (non-hydrogen) atoms. The van der Waals surface area contributed by atoms with Crippen LogP contribution in [0.4, 0.5) is 5.69 Å². The van der Waals surface area contributed by atoms with Gasteiger partial charge in [0.25, 0.3) is 5.91 Å². The van der Waals surface area contributed by atoms with Crippen molar-refractivity contribution in [2.75, 3.05) is 12.4 Å². The number of halogens is 1. The highest BCUT2D eigenvalue weighted by Crippen LogP contribution is 2.17. The van der Waals surface area contributed by atoms with Crippen molar-refractivity contribution in [3.05, 3.63) is 59.1 Å². The maximum atomic E-state index is 12.1. The number of hydrogen-bond acceptors (Lipinski definition) is 4. The van der Waals surface area contributed by atoms with Gasteiger partial charge in [0, 0.05) is 16.8 Å². The molecule has 0 fully saturated rings. The van der Waals surface area contributed by atoms with E-state index in [1.807, 2.05) is 0 Å². The monoisotopic (exact) mass is 333 g/mol. The van der Waals surface area contributed by atoms with Crippen molar-refractivity contribution < 1.29 is 19.1 Å². The van der Waals surface area contributed by atoms with E-state index < -0.39 is 18.0 Å². The van der Waals surface area contributed by atoms with Gasteiger partial charge in [-0.25, -0.2) is 4.79 Å². The van der Waals surface area contributed by atoms with E-state index in [1.165, 1.54) is 26.2 Å². The molecule has 0 heterocycles. The van der Waals surface area contributed by atoms with Crippen molar-refractivity contribution >= 4 is 29.2 Å². The van der Waals surface area contributed by atoms with Gasteiger partial charge >= 0.3 is 5.97 Å².